The number of nitrogens with one attached hydrogen (secondary N) is 1. The summed E-state index contributed by atoms with van der Waals surface area (Å²) < 4.78 is 17.3. The van der Waals surface area contributed by atoms with E-state index in [4.69, 9.17) is 9.84 Å². The van der Waals surface area contributed by atoms with Gasteiger partial charge in [-0.2, -0.15) is 0 Å². The molecule has 0 aromatic heterocycles. The van der Waals surface area contributed by atoms with Crippen molar-refractivity contribution in [1.82, 2.24) is 5.32 Å². The number of alkyl halides is 1. The Balaban J connectivity index is 2.11. The van der Waals surface area contributed by atoms with Gasteiger partial charge in [-0.05, 0) is 32.4 Å². The maximum Gasteiger partial charge on any atom is 0.118 e. The predicted molar refractivity (Wildman–Crippen MR) is 48.4 cm³/mol. The number of aliphatic hydroxyl groups excluding tert-OH is 1. The van der Waals surface area contributed by atoms with Crippen LogP contribution in [0.25, 0.3) is 0 Å². The van der Waals surface area contributed by atoms with Gasteiger partial charge in [0.15, 0.2) is 0 Å². The van der Waals surface area contributed by atoms with Gasteiger partial charge in [0.05, 0.1) is 12.7 Å². The lowest BCUT2D eigenvalue weighted by Crippen LogP contribution is -2.24. The Bertz CT molecular complexity index is 127. The Morgan fingerprint density at radius 3 is 3.08 bits per heavy atom. The molecule has 78 valence electrons. The summed E-state index contributed by atoms with van der Waals surface area (Å²) >= 11 is 0. The molecule has 13 heavy (non-hydrogen) atoms. The van der Waals surface area contributed by atoms with Crippen LogP contribution in [0.3, 0.4) is 0 Å². The fraction of sp³-hybridized carbons (Fsp3) is 1.00. The molecule has 1 heterocycles. The number of hydrogen-bond acceptors (Lipinski definition) is 3. The van der Waals surface area contributed by atoms with Crippen molar-refractivity contribution in [2.24, 2.45) is 0 Å². The lowest BCUT2D eigenvalue weighted by atomic mass is 10.1. The number of halogens is 1. The van der Waals surface area contributed by atoms with Crippen LogP contribution in [0, 0.1) is 0 Å². The van der Waals surface area contributed by atoms with Crippen LogP contribution in [0.1, 0.15) is 19.3 Å². The van der Waals surface area contributed by atoms with Gasteiger partial charge >= 0.3 is 0 Å². The molecule has 2 N–H and O–H groups in total. The molecule has 1 saturated heterocycles. The van der Waals surface area contributed by atoms with E-state index >= 15 is 0 Å². The zero-order chi connectivity index (χ0) is 9.52. The van der Waals surface area contributed by atoms with Crippen molar-refractivity contribution in [3.63, 3.8) is 0 Å². The lowest BCUT2D eigenvalue weighted by molar-refractivity contribution is -0.0209. The molecule has 2 atom stereocenters. The van der Waals surface area contributed by atoms with Crippen LogP contribution in [0.15, 0.2) is 0 Å². The van der Waals surface area contributed by atoms with Crippen LogP contribution >= 0.6 is 0 Å². The highest BCUT2D eigenvalue weighted by Crippen LogP contribution is 2.09. The third-order valence-electron chi connectivity index (χ3n) is 2.23. The molecular formula is C9H18FNO2. The fourth-order valence-electron chi connectivity index (χ4n) is 1.45. The van der Waals surface area contributed by atoms with Crippen molar-refractivity contribution in [3.05, 3.63) is 0 Å². The predicted octanol–water partition coefficient (Wildman–Crippen LogP) is 0.475. The standard InChI is InChI=1S/C9H18FNO2/c10-6-8(12)7-13-9-2-1-4-11-5-3-9/h8-9,11-12H,1-7H2. The van der Waals surface area contributed by atoms with Crippen LogP contribution in [0.2, 0.25) is 0 Å². The summed E-state index contributed by atoms with van der Waals surface area (Å²) in [5, 5.41) is 12.2. The highest BCUT2D eigenvalue weighted by atomic mass is 19.1. The van der Waals surface area contributed by atoms with Gasteiger partial charge in [-0.1, -0.05) is 0 Å². The Morgan fingerprint density at radius 2 is 2.31 bits per heavy atom. The second-order valence-electron chi connectivity index (χ2n) is 3.44. The molecule has 1 rings (SSSR count). The Hall–Kier alpha value is -0.190. The minimum Gasteiger partial charge on any atom is -0.388 e. The minimum atomic E-state index is -0.948. The third-order valence-corrected chi connectivity index (χ3v) is 2.23. The van der Waals surface area contributed by atoms with Gasteiger partial charge in [-0.25, -0.2) is 4.39 Å². The van der Waals surface area contributed by atoms with Crippen LogP contribution in [-0.2, 0) is 4.74 Å². The monoisotopic (exact) mass is 191 g/mol. The zero-order valence-electron chi connectivity index (χ0n) is 7.84. The Morgan fingerprint density at radius 1 is 1.46 bits per heavy atom. The van der Waals surface area contributed by atoms with Crippen LogP contribution < -0.4 is 5.32 Å². The summed E-state index contributed by atoms with van der Waals surface area (Å²) in [5.41, 5.74) is 0. The van der Waals surface area contributed by atoms with E-state index in [9.17, 15) is 4.39 Å². The van der Waals surface area contributed by atoms with Crippen molar-refractivity contribution < 1.29 is 14.2 Å². The van der Waals surface area contributed by atoms with Crippen molar-refractivity contribution in [2.75, 3.05) is 26.4 Å². The molecule has 1 aliphatic rings. The normalized spacial score (nSPS) is 26.8. The van der Waals surface area contributed by atoms with E-state index in [0.717, 1.165) is 32.4 Å². The summed E-state index contributed by atoms with van der Waals surface area (Å²) in [5.74, 6) is 0. The van der Waals surface area contributed by atoms with Crippen molar-refractivity contribution in [1.29, 1.82) is 0 Å². The second-order valence-corrected chi connectivity index (χ2v) is 3.44. The molecule has 0 amide bonds. The summed E-state index contributed by atoms with van der Waals surface area (Å²) in [6.45, 7) is 1.40. The fourth-order valence-corrected chi connectivity index (χ4v) is 1.45. The quantitative estimate of drug-likeness (QED) is 0.679. The van der Waals surface area contributed by atoms with Gasteiger partial charge in [0.25, 0.3) is 0 Å². The van der Waals surface area contributed by atoms with Crippen molar-refractivity contribution >= 4 is 0 Å². The molecule has 0 radical (unpaired) electrons. The number of hydrogen-bond donors (Lipinski definition) is 2. The topological polar surface area (TPSA) is 41.5 Å². The molecule has 1 aliphatic heterocycles. The first kappa shape index (κ1) is 10.9. The first-order valence-electron chi connectivity index (χ1n) is 4.89. The van der Waals surface area contributed by atoms with E-state index in [1.54, 1.807) is 0 Å². The Labute approximate surface area is 78.3 Å². The lowest BCUT2D eigenvalue weighted by Gasteiger charge is -2.16. The largest absolute Gasteiger partial charge is 0.388 e. The Kier molecular flexibility index (Phi) is 5.27. The van der Waals surface area contributed by atoms with Crippen LogP contribution in [-0.4, -0.2) is 43.7 Å². The van der Waals surface area contributed by atoms with Crippen LogP contribution in [0.4, 0.5) is 4.39 Å². The maximum atomic E-state index is 11.9. The van der Waals surface area contributed by atoms with Gasteiger partial charge in [0.1, 0.15) is 12.8 Å². The summed E-state index contributed by atoms with van der Waals surface area (Å²) in [6.07, 6.45) is 2.30. The third kappa shape index (κ3) is 4.55. The van der Waals surface area contributed by atoms with Gasteiger partial charge in [-0.3, -0.25) is 0 Å². The van der Waals surface area contributed by atoms with E-state index in [1.165, 1.54) is 0 Å². The second kappa shape index (κ2) is 6.29. The minimum absolute atomic E-state index is 0.126. The average Bonchev–Trinajstić information content (AvgIpc) is 2.42. The molecule has 3 nitrogen and oxygen atoms in total. The summed E-state index contributed by atoms with van der Waals surface area (Å²) in [6, 6.07) is 0. The molecule has 0 aromatic carbocycles. The molecule has 0 aliphatic carbocycles. The molecule has 2 unspecified atom stereocenters. The molecule has 4 heteroatoms. The molecule has 0 aromatic rings. The average molecular weight is 191 g/mol. The number of rotatable bonds is 4. The molecule has 1 fully saturated rings. The SMILES string of the molecule is OC(CF)COC1CCCNCC1. The van der Waals surface area contributed by atoms with Gasteiger partial charge in [0.2, 0.25) is 0 Å². The van der Waals surface area contributed by atoms with Gasteiger partial charge in [0, 0.05) is 0 Å². The van der Waals surface area contributed by atoms with E-state index in [1.807, 2.05) is 0 Å². The number of aliphatic hydroxyl groups is 1. The van der Waals surface area contributed by atoms with E-state index < -0.39 is 12.8 Å². The smallest absolute Gasteiger partial charge is 0.118 e. The molecule has 0 bridgehead atoms. The number of ether oxygens (including phenoxy) is 1. The van der Waals surface area contributed by atoms with E-state index in [-0.39, 0.29) is 12.7 Å². The zero-order valence-corrected chi connectivity index (χ0v) is 7.84. The van der Waals surface area contributed by atoms with E-state index in [2.05, 4.69) is 5.32 Å². The van der Waals surface area contributed by atoms with Crippen molar-refractivity contribution in [3.8, 4) is 0 Å². The molecule has 0 saturated carbocycles. The van der Waals surface area contributed by atoms with Gasteiger partial charge < -0.3 is 15.2 Å². The highest BCUT2D eigenvalue weighted by Gasteiger charge is 2.13. The highest BCUT2D eigenvalue weighted by molar-refractivity contribution is 4.67. The first-order valence-corrected chi connectivity index (χ1v) is 4.89. The first-order chi connectivity index (χ1) is 6.33. The molecular weight excluding hydrogens is 173 g/mol. The molecule has 0 spiro atoms. The van der Waals surface area contributed by atoms with Gasteiger partial charge in [-0.15, -0.1) is 0 Å². The van der Waals surface area contributed by atoms with Crippen LogP contribution in [0.5, 0.6) is 0 Å². The van der Waals surface area contributed by atoms with Crippen molar-refractivity contribution in [2.45, 2.75) is 31.5 Å². The summed E-state index contributed by atoms with van der Waals surface area (Å²) in [7, 11) is 0. The van der Waals surface area contributed by atoms with E-state index in [0.29, 0.717) is 0 Å². The maximum absolute atomic E-state index is 11.9. The summed E-state index contributed by atoms with van der Waals surface area (Å²) in [4.78, 5) is 0.